The van der Waals surface area contributed by atoms with Crippen LogP contribution in [0.3, 0.4) is 0 Å². The van der Waals surface area contributed by atoms with Gasteiger partial charge in [0.15, 0.2) is 10.9 Å². The lowest BCUT2D eigenvalue weighted by molar-refractivity contribution is -0.385. The standard InChI is InChI=1S/C18H14N4O4S/c1-10(23)11-6-8-12(9-7-11)20-18-21-17(19)16(27-18)15(24)13-4-2-3-5-14(13)22(25)26/h2-9H,19H2,1H3,(H,20,21). The molecule has 8 nitrogen and oxygen atoms in total. The van der Waals surface area contributed by atoms with E-state index < -0.39 is 10.7 Å². The number of nitrogens with one attached hydrogen (secondary N) is 1. The highest BCUT2D eigenvalue weighted by Gasteiger charge is 2.25. The van der Waals surface area contributed by atoms with E-state index in [1.165, 1.54) is 25.1 Å². The van der Waals surface area contributed by atoms with E-state index in [-0.39, 0.29) is 27.7 Å². The van der Waals surface area contributed by atoms with Gasteiger partial charge in [0.05, 0.1) is 4.92 Å². The number of nitrogens with zero attached hydrogens (tertiary/aromatic N) is 2. The molecule has 0 unspecified atom stereocenters. The van der Waals surface area contributed by atoms with Crippen LogP contribution in [-0.4, -0.2) is 21.5 Å². The second-order valence-corrected chi connectivity index (χ2v) is 6.59. The van der Waals surface area contributed by atoms with E-state index in [0.717, 1.165) is 11.3 Å². The zero-order valence-electron chi connectivity index (χ0n) is 14.1. The smallest absolute Gasteiger partial charge is 0.280 e. The van der Waals surface area contributed by atoms with Crippen molar-refractivity contribution in [3.05, 3.63) is 74.6 Å². The van der Waals surface area contributed by atoms with Crippen molar-refractivity contribution in [3.8, 4) is 0 Å². The Hall–Kier alpha value is -3.59. The van der Waals surface area contributed by atoms with Gasteiger partial charge in [-0.15, -0.1) is 0 Å². The molecule has 2 aromatic carbocycles. The third-order valence-corrected chi connectivity index (χ3v) is 4.73. The summed E-state index contributed by atoms with van der Waals surface area (Å²) in [5, 5.41) is 14.5. The predicted octanol–water partition coefficient (Wildman–Crippen LogP) is 3.81. The van der Waals surface area contributed by atoms with Crippen molar-refractivity contribution < 1.29 is 14.5 Å². The molecular formula is C18H14N4O4S. The number of carbonyl (C=O) groups is 2. The lowest BCUT2D eigenvalue weighted by Gasteiger charge is -2.03. The van der Waals surface area contributed by atoms with E-state index in [0.29, 0.717) is 16.4 Å². The molecule has 0 aliphatic carbocycles. The first-order valence-electron chi connectivity index (χ1n) is 7.79. The maximum Gasteiger partial charge on any atom is 0.280 e. The van der Waals surface area contributed by atoms with Gasteiger partial charge in [-0.1, -0.05) is 23.5 Å². The number of hydrogen-bond acceptors (Lipinski definition) is 8. The summed E-state index contributed by atoms with van der Waals surface area (Å²) in [5.74, 6) is -0.610. The SMILES string of the molecule is CC(=O)c1ccc(Nc2nc(N)c(C(=O)c3ccccc3[N+](=O)[O-])s2)cc1. The Labute approximate surface area is 157 Å². The Bertz CT molecular complexity index is 1040. The molecule has 0 saturated heterocycles. The molecule has 3 aromatic rings. The number of anilines is 3. The summed E-state index contributed by atoms with van der Waals surface area (Å²) in [7, 11) is 0. The van der Waals surface area contributed by atoms with E-state index in [1.54, 1.807) is 30.3 Å². The van der Waals surface area contributed by atoms with Crippen LogP contribution in [0.1, 0.15) is 32.5 Å². The molecule has 0 spiro atoms. The van der Waals surface area contributed by atoms with E-state index in [9.17, 15) is 19.7 Å². The topological polar surface area (TPSA) is 128 Å². The van der Waals surface area contributed by atoms with Crippen LogP contribution in [-0.2, 0) is 0 Å². The minimum atomic E-state index is -0.611. The van der Waals surface area contributed by atoms with Crippen LogP contribution in [0.2, 0.25) is 0 Å². The fourth-order valence-electron chi connectivity index (χ4n) is 2.41. The maximum absolute atomic E-state index is 12.7. The number of nitrogen functional groups attached to an aromatic ring is 1. The van der Waals surface area contributed by atoms with Gasteiger partial charge >= 0.3 is 0 Å². The normalized spacial score (nSPS) is 10.4. The van der Waals surface area contributed by atoms with Crippen LogP contribution >= 0.6 is 11.3 Å². The zero-order valence-corrected chi connectivity index (χ0v) is 14.9. The summed E-state index contributed by atoms with van der Waals surface area (Å²) >= 11 is 1.00. The Balaban J connectivity index is 1.87. The van der Waals surface area contributed by atoms with Gasteiger partial charge in [-0.05, 0) is 37.3 Å². The molecule has 0 atom stereocenters. The van der Waals surface area contributed by atoms with Crippen molar-refractivity contribution in [1.29, 1.82) is 0 Å². The molecule has 0 radical (unpaired) electrons. The van der Waals surface area contributed by atoms with Gasteiger partial charge in [0.2, 0.25) is 5.78 Å². The number of thiazole rings is 1. The third kappa shape index (κ3) is 3.82. The molecule has 0 aliphatic rings. The van der Waals surface area contributed by atoms with Crippen molar-refractivity contribution in [3.63, 3.8) is 0 Å². The van der Waals surface area contributed by atoms with Crippen LogP contribution < -0.4 is 11.1 Å². The van der Waals surface area contributed by atoms with Crippen molar-refractivity contribution in [1.82, 2.24) is 4.98 Å². The third-order valence-electron chi connectivity index (χ3n) is 3.75. The highest BCUT2D eigenvalue weighted by Crippen LogP contribution is 2.31. The van der Waals surface area contributed by atoms with Crippen LogP contribution in [0.15, 0.2) is 48.5 Å². The number of nitro benzene ring substituents is 1. The predicted molar refractivity (Wildman–Crippen MR) is 103 cm³/mol. The van der Waals surface area contributed by atoms with Gasteiger partial charge in [-0.25, -0.2) is 4.98 Å². The average Bonchev–Trinajstić information content (AvgIpc) is 3.01. The maximum atomic E-state index is 12.7. The van der Waals surface area contributed by atoms with Gasteiger partial charge in [-0.2, -0.15) is 0 Å². The minimum absolute atomic E-state index is 0.00833. The summed E-state index contributed by atoms with van der Waals surface area (Å²) < 4.78 is 0. The molecule has 1 aromatic heterocycles. The Morgan fingerprint density at radius 2 is 1.81 bits per heavy atom. The van der Waals surface area contributed by atoms with Crippen LogP contribution in [0, 0.1) is 10.1 Å². The Morgan fingerprint density at radius 3 is 2.44 bits per heavy atom. The monoisotopic (exact) mass is 382 g/mol. The second kappa shape index (κ2) is 7.34. The lowest BCUT2D eigenvalue weighted by atomic mass is 10.1. The number of nitro groups is 1. The number of carbonyl (C=O) groups excluding carboxylic acids is 2. The van der Waals surface area contributed by atoms with Gasteiger partial charge in [0, 0.05) is 17.3 Å². The number of nitrogens with two attached hydrogens (primary N) is 1. The number of ketones is 2. The highest BCUT2D eigenvalue weighted by atomic mass is 32.1. The summed E-state index contributed by atoms with van der Waals surface area (Å²) in [6.45, 7) is 1.48. The van der Waals surface area contributed by atoms with Gasteiger partial charge < -0.3 is 11.1 Å². The molecule has 3 rings (SSSR count). The van der Waals surface area contributed by atoms with E-state index in [4.69, 9.17) is 5.73 Å². The second-order valence-electron chi connectivity index (χ2n) is 5.60. The molecule has 27 heavy (non-hydrogen) atoms. The van der Waals surface area contributed by atoms with E-state index in [1.807, 2.05) is 0 Å². The molecule has 136 valence electrons. The Kier molecular flexibility index (Phi) is 4.95. The van der Waals surface area contributed by atoms with E-state index in [2.05, 4.69) is 10.3 Å². The molecule has 0 saturated carbocycles. The minimum Gasteiger partial charge on any atom is -0.382 e. The number of aromatic nitrogens is 1. The molecule has 9 heteroatoms. The first-order chi connectivity index (χ1) is 12.9. The van der Waals surface area contributed by atoms with Crippen molar-refractivity contribution >= 4 is 45.2 Å². The average molecular weight is 382 g/mol. The Morgan fingerprint density at radius 1 is 1.15 bits per heavy atom. The van der Waals surface area contributed by atoms with Crippen LogP contribution in [0.25, 0.3) is 0 Å². The number of hydrogen-bond donors (Lipinski definition) is 2. The van der Waals surface area contributed by atoms with Gasteiger partial charge in [0.25, 0.3) is 5.69 Å². The van der Waals surface area contributed by atoms with Crippen molar-refractivity contribution in [2.45, 2.75) is 6.92 Å². The fraction of sp³-hybridized carbons (Fsp3) is 0.0556. The molecule has 3 N–H and O–H groups in total. The number of benzene rings is 2. The molecule has 0 amide bonds. The van der Waals surface area contributed by atoms with E-state index >= 15 is 0 Å². The quantitative estimate of drug-likeness (QED) is 0.377. The number of Topliss-reactive ketones (excluding diaryl/α,β-unsaturated/α-hetero) is 1. The molecule has 0 fully saturated rings. The molecule has 0 bridgehead atoms. The fourth-order valence-corrected chi connectivity index (χ4v) is 3.27. The van der Waals surface area contributed by atoms with Crippen molar-refractivity contribution in [2.24, 2.45) is 0 Å². The first-order valence-corrected chi connectivity index (χ1v) is 8.61. The number of para-hydroxylation sites is 1. The largest absolute Gasteiger partial charge is 0.382 e. The highest BCUT2D eigenvalue weighted by molar-refractivity contribution is 7.18. The molecule has 1 heterocycles. The first kappa shape index (κ1) is 18.2. The summed E-state index contributed by atoms with van der Waals surface area (Å²) in [4.78, 5) is 38.8. The number of rotatable bonds is 6. The van der Waals surface area contributed by atoms with Crippen LogP contribution in [0.4, 0.5) is 22.3 Å². The summed E-state index contributed by atoms with van der Waals surface area (Å²) in [5.41, 5.74) is 6.75. The van der Waals surface area contributed by atoms with Gasteiger partial charge in [-0.3, -0.25) is 19.7 Å². The lowest BCUT2D eigenvalue weighted by Crippen LogP contribution is -2.06. The summed E-state index contributed by atoms with van der Waals surface area (Å²) in [6.07, 6.45) is 0. The van der Waals surface area contributed by atoms with Crippen LogP contribution in [0.5, 0.6) is 0 Å². The molecule has 0 aliphatic heterocycles. The molecular weight excluding hydrogens is 368 g/mol. The van der Waals surface area contributed by atoms with Gasteiger partial charge in [0.1, 0.15) is 16.3 Å². The zero-order chi connectivity index (χ0) is 19.6. The summed E-state index contributed by atoms with van der Waals surface area (Å²) in [6, 6.07) is 12.4. The van der Waals surface area contributed by atoms with Crippen molar-refractivity contribution in [2.75, 3.05) is 11.1 Å².